The lowest BCUT2D eigenvalue weighted by Crippen LogP contribution is -2.45. The molecule has 0 spiro atoms. The highest BCUT2D eigenvalue weighted by Gasteiger charge is 2.23. The van der Waals surface area contributed by atoms with Crippen molar-refractivity contribution in [2.45, 2.75) is 373 Å². The molecule has 0 aromatic rings. The maximum absolute atomic E-state index is 13.0. The van der Waals surface area contributed by atoms with E-state index < -0.39 is 20.0 Å². The number of hydrogen-bond acceptors (Lipinski definition) is 6. The molecule has 1 amide bonds. The van der Waals surface area contributed by atoms with Crippen molar-refractivity contribution in [2.75, 3.05) is 40.9 Å². The van der Waals surface area contributed by atoms with Gasteiger partial charge < -0.3 is 28.8 Å². The van der Waals surface area contributed by atoms with Crippen LogP contribution in [0.2, 0.25) is 0 Å². The zero-order chi connectivity index (χ0) is 59.8. The van der Waals surface area contributed by atoms with Crippen LogP contribution in [0.3, 0.4) is 0 Å². The number of likely N-dealkylation sites (N-methyl/N-ethyl adjacent to an activating group) is 1. The van der Waals surface area contributed by atoms with Crippen LogP contribution in [0.25, 0.3) is 0 Å². The number of aliphatic hydroxyl groups is 1. The van der Waals surface area contributed by atoms with Crippen LogP contribution in [0.4, 0.5) is 0 Å². The molecule has 0 aliphatic carbocycles. The van der Waals surface area contributed by atoms with Gasteiger partial charge >= 0.3 is 0 Å². The van der Waals surface area contributed by atoms with Crippen molar-refractivity contribution < 1.29 is 32.9 Å². The lowest BCUT2D eigenvalue weighted by Gasteiger charge is -2.29. The van der Waals surface area contributed by atoms with Gasteiger partial charge in [0.05, 0.1) is 39.9 Å². The third kappa shape index (κ3) is 66.0. The number of phosphoric ester groups is 1. The Hall–Kier alpha value is -1.54. The Morgan fingerprint density at radius 3 is 1.06 bits per heavy atom. The maximum Gasteiger partial charge on any atom is 0.268 e. The second kappa shape index (κ2) is 63.9. The van der Waals surface area contributed by atoms with Crippen molar-refractivity contribution in [1.82, 2.24) is 5.32 Å². The van der Waals surface area contributed by atoms with Crippen LogP contribution >= 0.6 is 7.82 Å². The van der Waals surface area contributed by atoms with Gasteiger partial charge in [0.15, 0.2) is 0 Å². The maximum atomic E-state index is 13.0. The van der Waals surface area contributed by atoms with Crippen LogP contribution in [0.1, 0.15) is 361 Å². The number of phosphoric acid groups is 1. The molecule has 9 heteroatoms. The second-order valence-electron chi connectivity index (χ2n) is 25.9. The summed E-state index contributed by atoms with van der Waals surface area (Å²) >= 11 is 0. The zero-order valence-electron chi connectivity index (χ0n) is 55.5. The minimum Gasteiger partial charge on any atom is -0.756 e. The first-order chi connectivity index (χ1) is 40.0. The monoisotopic (exact) mass is 1170 g/mol. The van der Waals surface area contributed by atoms with E-state index in [2.05, 4.69) is 55.6 Å². The van der Waals surface area contributed by atoms with Crippen LogP contribution in [0, 0.1) is 0 Å². The summed E-state index contributed by atoms with van der Waals surface area (Å²) in [5.74, 6) is -0.200. The van der Waals surface area contributed by atoms with Crippen LogP contribution in [-0.4, -0.2) is 68.5 Å². The van der Waals surface area contributed by atoms with Gasteiger partial charge in [-0.25, -0.2) is 0 Å². The van der Waals surface area contributed by atoms with Crippen molar-refractivity contribution in [3.63, 3.8) is 0 Å². The molecule has 0 aromatic heterocycles. The normalized spacial score (nSPS) is 13.9. The fourth-order valence-electron chi connectivity index (χ4n) is 10.9. The molecule has 0 radical (unpaired) electrons. The summed E-state index contributed by atoms with van der Waals surface area (Å²) < 4.78 is 23.4. The third-order valence-corrected chi connectivity index (χ3v) is 17.5. The SMILES string of the molecule is CCCCCCC/C=C\C/C=C\CCCCCCCCCCCCCCCCCCCCCCCCCCCCCC(=O)NC(COP(=O)([O-])OCC[N+](C)(C)C)C(O)/C=C/CC/C=C/CCCCCCCCCCCCCCCCC. The Balaban J connectivity index is 3.95. The molecule has 0 heterocycles. The molecule has 0 bridgehead atoms. The van der Waals surface area contributed by atoms with E-state index in [1.807, 2.05) is 27.2 Å². The van der Waals surface area contributed by atoms with Gasteiger partial charge in [-0.3, -0.25) is 9.36 Å². The van der Waals surface area contributed by atoms with E-state index in [9.17, 15) is 19.4 Å². The van der Waals surface area contributed by atoms with Gasteiger partial charge in [0.25, 0.3) is 7.82 Å². The average Bonchev–Trinajstić information content (AvgIpc) is 3.46. The van der Waals surface area contributed by atoms with Crippen molar-refractivity contribution in [2.24, 2.45) is 0 Å². The summed E-state index contributed by atoms with van der Waals surface area (Å²) in [5, 5.41) is 13.9. The number of nitrogens with zero attached hydrogens (tertiary/aromatic N) is 1. The zero-order valence-corrected chi connectivity index (χ0v) is 56.4. The van der Waals surface area contributed by atoms with Gasteiger partial charge in [-0.15, -0.1) is 0 Å². The van der Waals surface area contributed by atoms with Crippen molar-refractivity contribution in [1.29, 1.82) is 0 Å². The first-order valence-corrected chi connectivity index (χ1v) is 37.5. The highest BCUT2D eigenvalue weighted by molar-refractivity contribution is 7.45. The van der Waals surface area contributed by atoms with Crippen LogP contribution < -0.4 is 10.2 Å². The Morgan fingerprint density at radius 1 is 0.427 bits per heavy atom. The number of quaternary nitrogens is 1. The molecule has 0 fully saturated rings. The summed E-state index contributed by atoms with van der Waals surface area (Å²) in [4.78, 5) is 25.6. The number of nitrogens with one attached hydrogen (secondary N) is 1. The van der Waals surface area contributed by atoms with E-state index in [0.29, 0.717) is 17.4 Å². The van der Waals surface area contributed by atoms with Crippen molar-refractivity contribution in [3.05, 3.63) is 48.6 Å². The lowest BCUT2D eigenvalue weighted by atomic mass is 10.0. The molecule has 0 rings (SSSR count). The van der Waals surface area contributed by atoms with Crippen LogP contribution in [0.15, 0.2) is 48.6 Å². The van der Waals surface area contributed by atoms with Gasteiger partial charge in [0, 0.05) is 6.42 Å². The highest BCUT2D eigenvalue weighted by Crippen LogP contribution is 2.38. The largest absolute Gasteiger partial charge is 0.756 e. The van der Waals surface area contributed by atoms with E-state index in [1.165, 1.54) is 295 Å². The molecule has 0 aromatic carbocycles. The van der Waals surface area contributed by atoms with Gasteiger partial charge in [0.2, 0.25) is 5.91 Å². The summed E-state index contributed by atoms with van der Waals surface area (Å²) in [5.41, 5.74) is 0. The summed E-state index contributed by atoms with van der Waals surface area (Å²) in [6.45, 7) is 4.67. The molecule has 0 aliphatic rings. The predicted molar refractivity (Wildman–Crippen MR) is 358 cm³/mol. The quantitative estimate of drug-likeness (QED) is 0.0272. The second-order valence-corrected chi connectivity index (χ2v) is 27.3. The standard InChI is InChI=1S/C73H141N2O6P/c1-6-8-10-12-14-16-18-20-22-24-26-28-29-30-31-32-33-34-35-36-37-38-39-40-41-42-43-44-45-47-49-51-53-55-57-59-61-63-65-67-73(77)74-71(70-81-82(78,79)80-69-68-75(3,4)5)72(76)66-64-62-60-58-56-54-52-50-48-46-27-25-23-21-19-17-15-13-11-9-7-2/h18,20,24,26,56,58,64,66,71-72,76H,6-17,19,21-23,25,27-55,57,59-63,65,67-70H2,1-5H3,(H-,74,77,78,79)/b20-18-,26-24-,58-56+,66-64+. The summed E-state index contributed by atoms with van der Waals surface area (Å²) in [6.07, 6.45) is 86.9. The molecule has 8 nitrogen and oxygen atoms in total. The van der Waals surface area contributed by atoms with Gasteiger partial charge in [-0.2, -0.15) is 0 Å². The Morgan fingerprint density at radius 2 is 0.720 bits per heavy atom. The molecule has 0 saturated heterocycles. The predicted octanol–water partition coefficient (Wildman–Crippen LogP) is 22.4. The third-order valence-electron chi connectivity index (χ3n) is 16.5. The Bertz CT molecular complexity index is 1480. The average molecular weight is 1170 g/mol. The van der Waals surface area contributed by atoms with Crippen LogP contribution in [0.5, 0.6) is 0 Å². The van der Waals surface area contributed by atoms with E-state index in [4.69, 9.17) is 9.05 Å². The van der Waals surface area contributed by atoms with E-state index in [-0.39, 0.29) is 19.1 Å². The van der Waals surface area contributed by atoms with Crippen LogP contribution in [-0.2, 0) is 18.4 Å². The molecular weight excluding hydrogens is 1030 g/mol. The fraction of sp³-hybridized carbons (Fsp3) is 0.877. The van der Waals surface area contributed by atoms with Gasteiger partial charge in [0.1, 0.15) is 13.2 Å². The smallest absolute Gasteiger partial charge is 0.268 e. The van der Waals surface area contributed by atoms with E-state index in [0.717, 1.165) is 44.9 Å². The first kappa shape index (κ1) is 80.5. The van der Waals surface area contributed by atoms with Gasteiger partial charge in [-0.1, -0.05) is 339 Å². The van der Waals surface area contributed by atoms with Crippen molar-refractivity contribution >= 4 is 13.7 Å². The molecule has 484 valence electrons. The number of carbonyl (C=O) groups is 1. The number of unbranched alkanes of at least 4 members (excludes halogenated alkanes) is 48. The Kier molecular flexibility index (Phi) is 62.7. The topological polar surface area (TPSA) is 108 Å². The molecule has 82 heavy (non-hydrogen) atoms. The number of hydrogen-bond donors (Lipinski definition) is 2. The minimum absolute atomic E-state index is 0.00472. The Labute approximate surface area is 511 Å². The summed E-state index contributed by atoms with van der Waals surface area (Å²) in [7, 11) is 1.26. The van der Waals surface area contributed by atoms with Crippen molar-refractivity contribution in [3.8, 4) is 0 Å². The minimum atomic E-state index is -4.61. The number of aliphatic hydroxyl groups excluding tert-OH is 1. The molecular formula is C73H141N2O6P. The molecule has 2 N–H and O–H groups in total. The number of rotatable bonds is 67. The van der Waals surface area contributed by atoms with E-state index in [1.54, 1.807) is 6.08 Å². The molecule has 3 unspecified atom stereocenters. The molecule has 3 atom stereocenters. The van der Waals surface area contributed by atoms with Gasteiger partial charge in [-0.05, 0) is 64.2 Å². The number of allylic oxidation sites excluding steroid dienone is 7. The first-order valence-electron chi connectivity index (χ1n) is 36.0. The molecule has 0 saturated carbocycles. The summed E-state index contributed by atoms with van der Waals surface area (Å²) in [6, 6.07) is -0.903. The number of amides is 1. The fourth-order valence-corrected chi connectivity index (χ4v) is 11.6. The number of carbonyl (C=O) groups excluding carboxylic acids is 1. The lowest BCUT2D eigenvalue weighted by molar-refractivity contribution is -0.870. The molecule has 0 aliphatic heterocycles. The van der Waals surface area contributed by atoms with E-state index >= 15 is 0 Å². The highest BCUT2D eigenvalue weighted by atomic mass is 31.2.